The van der Waals surface area contributed by atoms with Gasteiger partial charge in [-0.05, 0) is 50.5 Å². The Morgan fingerprint density at radius 1 is 1.00 bits per heavy atom. The van der Waals surface area contributed by atoms with Crippen molar-refractivity contribution in [3.63, 3.8) is 0 Å². The highest BCUT2D eigenvalue weighted by atomic mass is 32.2. The molecule has 0 atom stereocenters. The molecule has 0 unspecified atom stereocenters. The van der Waals surface area contributed by atoms with Gasteiger partial charge in [0.15, 0.2) is 11.5 Å². The van der Waals surface area contributed by atoms with Crippen LogP contribution in [0.1, 0.15) is 25.8 Å². The Morgan fingerprint density at radius 2 is 1.72 bits per heavy atom. The molecular formula is C19H23NO4S. The number of para-hydroxylation sites is 1. The Hall–Kier alpha value is -2.21. The van der Waals surface area contributed by atoms with Crippen LogP contribution in [0.5, 0.6) is 11.5 Å². The van der Waals surface area contributed by atoms with Crippen LogP contribution in [0.4, 0.5) is 5.69 Å². The molecule has 6 heteroatoms. The van der Waals surface area contributed by atoms with Gasteiger partial charge in [0.1, 0.15) is 0 Å². The van der Waals surface area contributed by atoms with E-state index in [0.717, 1.165) is 24.1 Å². The summed E-state index contributed by atoms with van der Waals surface area (Å²) < 4.78 is 39.0. The molecule has 134 valence electrons. The fraction of sp³-hybridized carbons (Fsp3) is 0.368. The van der Waals surface area contributed by atoms with Crippen LogP contribution in [0.15, 0.2) is 47.4 Å². The molecule has 0 radical (unpaired) electrons. The number of ether oxygens (including phenoxy) is 2. The Bertz CT molecular complexity index is 848. The lowest BCUT2D eigenvalue weighted by molar-refractivity contribution is 0.287. The molecule has 0 aliphatic carbocycles. The van der Waals surface area contributed by atoms with E-state index in [4.69, 9.17) is 9.47 Å². The minimum Gasteiger partial charge on any atom is -0.490 e. The highest BCUT2D eigenvalue weighted by molar-refractivity contribution is 7.92. The summed E-state index contributed by atoms with van der Waals surface area (Å²) in [7, 11) is -3.65. The second-order valence-corrected chi connectivity index (χ2v) is 7.65. The first kappa shape index (κ1) is 17.6. The zero-order valence-electron chi connectivity index (χ0n) is 14.6. The van der Waals surface area contributed by atoms with Crippen molar-refractivity contribution in [2.75, 3.05) is 24.1 Å². The van der Waals surface area contributed by atoms with Crippen molar-refractivity contribution >= 4 is 15.7 Å². The van der Waals surface area contributed by atoms with Crippen molar-refractivity contribution in [1.82, 2.24) is 0 Å². The second kappa shape index (κ2) is 7.35. The van der Waals surface area contributed by atoms with Gasteiger partial charge in [0.05, 0.1) is 23.8 Å². The molecule has 5 nitrogen and oxygen atoms in total. The first-order valence-corrected chi connectivity index (χ1v) is 10.0. The van der Waals surface area contributed by atoms with Crippen LogP contribution in [0.3, 0.4) is 0 Å². The number of sulfonamides is 1. The zero-order chi connectivity index (χ0) is 17.9. The summed E-state index contributed by atoms with van der Waals surface area (Å²) in [6.07, 6.45) is 1.71. The Balaban J connectivity index is 2.02. The van der Waals surface area contributed by atoms with Crippen LogP contribution in [-0.2, 0) is 16.4 Å². The predicted octanol–water partition coefficient (Wildman–Crippen LogP) is 3.63. The molecule has 0 saturated heterocycles. The highest BCUT2D eigenvalue weighted by Crippen LogP contribution is 2.35. The smallest absolute Gasteiger partial charge is 0.264 e. The van der Waals surface area contributed by atoms with Crippen molar-refractivity contribution in [2.45, 2.75) is 31.6 Å². The number of hydrogen-bond donors (Lipinski definition) is 0. The van der Waals surface area contributed by atoms with Crippen LogP contribution >= 0.6 is 0 Å². The van der Waals surface area contributed by atoms with Gasteiger partial charge in [-0.25, -0.2) is 8.42 Å². The van der Waals surface area contributed by atoms with Gasteiger partial charge in [-0.1, -0.05) is 18.2 Å². The molecular weight excluding hydrogens is 338 g/mol. The summed E-state index contributed by atoms with van der Waals surface area (Å²) in [5, 5.41) is 0. The summed E-state index contributed by atoms with van der Waals surface area (Å²) in [6, 6.07) is 12.5. The Kier molecular flexibility index (Phi) is 5.18. The number of nitrogens with zero attached hydrogens (tertiary/aromatic N) is 1. The second-order valence-electron chi connectivity index (χ2n) is 5.78. The standard InChI is InChI=1S/C19H23NO4S/c1-3-23-18-12-11-16(14-19(18)24-4-2)25(21,22)20-13-7-9-15-8-5-6-10-17(15)20/h5-6,8,10-12,14H,3-4,7,9,13H2,1-2H3. The average molecular weight is 361 g/mol. The zero-order valence-corrected chi connectivity index (χ0v) is 15.4. The molecule has 25 heavy (non-hydrogen) atoms. The van der Waals surface area contributed by atoms with E-state index in [1.807, 2.05) is 38.1 Å². The van der Waals surface area contributed by atoms with E-state index >= 15 is 0 Å². The maximum atomic E-state index is 13.2. The van der Waals surface area contributed by atoms with Gasteiger partial charge in [-0.3, -0.25) is 4.31 Å². The molecule has 0 amide bonds. The lowest BCUT2D eigenvalue weighted by atomic mass is 10.0. The number of fused-ring (bicyclic) bond motifs is 1. The van der Waals surface area contributed by atoms with Gasteiger partial charge < -0.3 is 9.47 Å². The maximum Gasteiger partial charge on any atom is 0.264 e. The number of hydrogen-bond acceptors (Lipinski definition) is 4. The van der Waals surface area contributed by atoms with Crippen molar-refractivity contribution in [3.8, 4) is 11.5 Å². The summed E-state index contributed by atoms with van der Waals surface area (Å²) in [6.45, 7) is 5.15. The average Bonchev–Trinajstić information content (AvgIpc) is 2.63. The molecule has 0 spiro atoms. The van der Waals surface area contributed by atoms with Gasteiger partial charge in [0, 0.05) is 12.6 Å². The first-order valence-electron chi connectivity index (χ1n) is 8.58. The van der Waals surface area contributed by atoms with Gasteiger partial charge >= 0.3 is 0 Å². The normalized spacial score (nSPS) is 14.1. The molecule has 0 N–H and O–H groups in total. The number of rotatable bonds is 6. The van der Waals surface area contributed by atoms with E-state index in [9.17, 15) is 8.42 Å². The molecule has 1 aliphatic rings. The molecule has 2 aromatic rings. The first-order chi connectivity index (χ1) is 12.1. The van der Waals surface area contributed by atoms with E-state index in [1.54, 1.807) is 18.2 Å². The number of anilines is 1. The van der Waals surface area contributed by atoms with Crippen LogP contribution in [0, 0.1) is 0 Å². The topological polar surface area (TPSA) is 55.8 Å². The Morgan fingerprint density at radius 3 is 2.48 bits per heavy atom. The largest absolute Gasteiger partial charge is 0.490 e. The minimum absolute atomic E-state index is 0.219. The molecule has 0 saturated carbocycles. The predicted molar refractivity (Wildman–Crippen MR) is 98.1 cm³/mol. The monoisotopic (exact) mass is 361 g/mol. The van der Waals surface area contributed by atoms with Gasteiger partial charge in [0.25, 0.3) is 10.0 Å². The Labute approximate surface area is 149 Å². The SMILES string of the molecule is CCOc1ccc(S(=O)(=O)N2CCCc3ccccc32)cc1OCC. The van der Waals surface area contributed by atoms with Crippen LogP contribution in [0.25, 0.3) is 0 Å². The molecule has 2 aromatic carbocycles. The van der Waals surface area contributed by atoms with Gasteiger partial charge in [-0.2, -0.15) is 0 Å². The number of benzene rings is 2. The quantitative estimate of drug-likeness (QED) is 0.788. The van der Waals surface area contributed by atoms with Crippen LogP contribution < -0.4 is 13.8 Å². The number of aryl methyl sites for hydroxylation is 1. The van der Waals surface area contributed by atoms with E-state index in [-0.39, 0.29) is 4.90 Å². The summed E-state index contributed by atoms with van der Waals surface area (Å²) in [5.74, 6) is 1.01. The molecule has 0 bridgehead atoms. The minimum atomic E-state index is -3.65. The van der Waals surface area contributed by atoms with Crippen molar-refractivity contribution in [2.24, 2.45) is 0 Å². The molecule has 1 aliphatic heterocycles. The van der Waals surface area contributed by atoms with Crippen molar-refractivity contribution < 1.29 is 17.9 Å². The summed E-state index contributed by atoms with van der Waals surface area (Å²) in [4.78, 5) is 0.219. The lowest BCUT2D eigenvalue weighted by Crippen LogP contribution is -2.35. The van der Waals surface area contributed by atoms with Crippen LogP contribution in [-0.4, -0.2) is 28.2 Å². The van der Waals surface area contributed by atoms with Crippen molar-refractivity contribution in [3.05, 3.63) is 48.0 Å². The van der Waals surface area contributed by atoms with E-state index < -0.39 is 10.0 Å². The van der Waals surface area contributed by atoms with Gasteiger partial charge in [0.2, 0.25) is 0 Å². The maximum absolute atomic E-state index is 13.2. The summed E-state index contributed by atoms with van der Waals surface area (Å²) >= 11 is 0. The molecule has 3 rings (SSSR count). The third-order valence-electron chi connectivity index (χ3n) is 4.17. The molecule has 0 aromatic heterocycles. The summed E-state index contributed by atoms with van der Waals surface area (Å²) in [5.41, 5.74) is 1.83. The fourth-order valence-electron chi connectivity index (χ4n) is 3.07. The lowest BCUT2D eigenvalue weighted by Gasteiger charge is -2.30. The third-order valence-corrected chi connectivity index (χ3v) is 5.98. The molecule has 0 fully saturated rings. The third kappa shape index (κ3) is 3.44. The molecule has 1 heterocycles. The fourth-order valence-corrected chi connectivity index (χ4v) is 4.62. The van der Waals surface area contributed by atoms with E-state index in [2.05, 4.69) is 0 Å². The highest BCUT2D eigenvalue weighted by Gasteiger charge is 2.29. The van der Waals surface area contributed by atoms with Crippen molar-refractivity contribution in [1.29, 1.82) is 0 Å². The van der Waals surface area contributed by atoms with Gasteiger partial charge in [-0.15, -0.1) is 0 Å². The van der Waals surface area contributed by atoms with Crippen LogP contribution in [0.2, 0.25) is 0 Å². The van der Waals surface area contributed by atoms with E-state index in [0.29, 0.717) is 31.3 Å². The van der Waals surface area contributed by atoms with E-state index in [1.165, 1.54) is 4.31 Å².